The second-order valence-electron chi connectivity index (χ2n) is 6.76. The van der Waals surface area contributed by atoms with Crippen LogP contribution in [0.15, 0.2) is 12.3 Å². The molecule has 3 unspecified atom stereocenters. The zero-order valence-electron chi connectivity index (χ0n) is 12.7. The Balaban J connectivity index is 1.36. The van der Waals surface area contributed by atoms with E-state index in [0.29, 0.717) is 24.8 Å². The molecule has 3 aliphatic rings. The van der Waals surface area contributed by atoms with Gasteiger partial charge in [0.15, 0.2) is 0 Å². The van der Waals surface area contributed by atoms with Gasteiger partial charge in [-0.3, -0.25) is 9.89 Å². The van der Waals surface area contributed by atoms with Crippen molar-refractivity contribution in [3.63, 3.8) is 0 Å². The minimum absolute atomic E-state index is 0.0374. The lowest BCUT2D eigenvalue weighted by molar-refractivity contribution is -0.0452. The average Bonchev–Trinajstić information content (AvgIpc) is 3.04. The van der Waals surface area contributed by atoms with Gasteiger partial charge in [-0.05, 0) is 43.6 Å². The fraction of sp³-hybridized carbons (Fsp3) is 0.750. The first-order valence-corrected chi connectivity index (χ1v) is 8.31. The van der Waals surface area contributed by atoms with Gasteiger partial charge >= 0.3 is 0 Å². The number of H-pyrrole nitrogens is 1. The third-order valence-electron chi connectivity index (χ3n) is 5.03. The number of aromatic amines is 1. The minimum Gasteiger partial charge on any atom is -0.381 e. The molecule has 1 aromatic rings. The van der Waals surface area contributed by atoms with Crippen LogP contribution in [0.4, 0.5) is 0 Å². The molecule has 3 fully saturated rings. The van der Waals surface area contributed by atoms with Crippen molar-refractivity contribution >= 4 is 5.91 Å². The molecule has 0 radical (unpaired) electrons. The van der Waals surface area contributed by atoms with Crippen LogP contribution in [-0.2, 0) is 9.47 Å². The Morgan fingerprint density at radius 3 is 3.00 bits per heavy atom. The number of rotatable bonds is 5. The van der Waals surface area contributed by atoms with Gasteiger partial charge in [0.1, 0.15) is 5.69 Å². The number of carbonyl (C=O) groups is 1. The fourth-order valence-corrected chi connectivity index (χ4v) is 3.65. The molecule has 1 aliphatic heterocycles. The van der Waals surface area contributed by atoms with E-state index >= 15 is 0 Å². The molecule has 2 saturated carbocycles. The van der Waals surface area contributed by atoms with Crippen molar-refractivity contribution in [2.45, 2.75) is 37.8 Å². The lowest BCUT2D eigenvalue weighted by Gasteiger charge is -2.37. The lowest BCUT2D eigenvalue weighted by atomic mass is 10.1. The largest absolute Gasteiger partial charge is 0.381 e. The molecule has 2 heterocycles. The van der Waals surface area contributed by atoms with Crippen LogP contribution < -0.4 is 0 Å². The standard InChI is InChI=1S/C16H23N3O3/c20-16(13-3-4-17-18-13)19-5-6-22-15-8-12(7-14(15)19)10-21-9-11-1-2-11/h3-4,11-12,14-15H,1-2,5-10H2,(H,17,18). The number of amides is 1. The van der Waals surface area contributed by atoms with E-state index in [-0.39, 0.29) is 18.1 Å². The van der Waals surface area contributed by atoms with Crippen LogP contribution >= 0.6 is 0 Å². The van der Waals surface area contributed by atoms with Gasteiger partial charge in [0.25, 0.3) is 5.91 Å². The van der Waals surface area contributed by atoms with Gasteiger partial charge in [0, 0.05) is 26.0 Å². The van der Waals surface area contributed by atoms with Crippen LogP contribution in [0.2, 0.25) is 0 Å². The Labute approximate surface area is 130 Å². The summed E-state index contributed by atoms with van der Waals surface area (Å²) in [5, 5.41) is 6.65. The Bertz CT molecular complexity index is 515. The highest BCUT2D eigenvalue weighted by atomic mass is 16.5. The van der Waals surface area contributed by atoms with Crippen LogP contribution in [0.1, 0.15) is 36.2 Å². The highest BCUT2D eigenvalue weighted by Gasteiger charge is 2.43. The Morgan fingerprint density at radius 2 is 2.23 bits per heavy atom. The van der Waals surface area contributed by atoms with E-state index in [1.54, 1.807) is 12.3 Å². The van der Waals surface area contributed by atoms with Crippen molar-refractivity contribution in [1.29, 1.82) is 0 Å². The van der Waals surface area contributed by atoms with Crippen LogP contribution in [0.25, 0.3) is 0 Å². The van der Waals surface area contributed by atoms with Gasteiger partial charge in [0.05, 0.1) is 18.8 Å². The number of hydrogen-bond acceptors (Lipinski definition) is 4. The number of carbonyl (C=O) groups excluding carboxylic acids is 1. The van der Waals surface area contributed by atoms with Crippen LogP contribution in [0, 0.1) is 11.8 Å². The summed E-state index contributed by atoms with van der Waals surface area (Å²) in [5.74, 6) is 1.35. The average molecular weight is 305 g/mol. The summed E-state index contributed by atoms with van der Waals surface area (Å²) in [6.45, 7) is 2.99. The van der Waals surface area contributed by atoms with Gasteiger partial charge in [-0.2, -0.15) is 5.10 Å². The number of nitrogens with zero attached hydrogens (tertiary/aromatic N) is 2. The molecule has 22 heavy (non-hydrogen) atoms. The molecule has 0 aromatic carbocycles. The molecule has 3 atom stereocenters. The molecule has 6 nitrogen and oxygen atoms in total. The first kappa shape index (κ1) is 14.2. The third kappa shape index (κ3) is 2.90. The summed E-state index contributed by atoms with van der Waals surface area (Å²) in [7, 11) is 0. The fourth-order valence-electron chi connectivity index (χ4n) is 3.65. The second-order valence-corrected chi connectivity index (χ2v) is 6.76. The first-order valence-electron chi connectivity index (χ1n) is 8.31. The van der Waals surface area contributed by atoms with E-state index in [2.05, 4.69) is 10.2 Å². The van der Waals surface area contributed by atoms with Crippen molar-refractivity contribution < 1.29 is 14.3 Å². The lowest BCUT2D eigenvalue weighted by Crippen LogP contribution is -2.51. The summed E-state index contributed by atoms with van der Waals surface area (Å²) in [6, 6.07) is 1.91. The SMILES string of the molecule is O=C(c1ccn[nH]1)N1CCOC2CC(COCC3CC3)CC21. The minimum atomic E-state index is 0.0374. The maximum atomic E-state index is 12.6. The summed E-state index contributed by atoms with van der Waals surface area (Å²) in [5.41, 5.74) is 0.564. The Morgan fingerprint density at radius 1 is 1.36 bits per heavy atom. The molecule has 2 aliphatic carbocycles. The number of fused-ring (bicyclic) bond motifs is 1. The number of nitrogens with one attached hydrogen (secondary N) is 1. The highest BCUT2D eigenvalue weighted by molar-refractivity contribution is 5.92. The second kappa shape index (κ2) is 6.01. The normalized spacial score (nSPS) is 31.3. The predicted octanol–water partition coefficient (Wildman–Crippen LogP) is 1.46. The number of ether oxygens (including phenoxy) is 2. The van der Waals surface area contributed by atoms with Gasteiger partial charge in [-0.15, -0.1) is 0 Å². The summed E-state index contributed by atoms with van der Waals surface area (Å²) >= 11 is 0. The van der Waals surface area contributed by atoms with Crippen molar-refractivity contribution in [2.75, 3.05) is 26.4 Å². The van der Waals surface area contributed by atoms with Crippen LogP contribution in [0.5, 0.6) is 0 Å². The van der Waals surface area contributed by atoms with Gasteiger partial charge in [0.2, 0.25) is 0 Å². The zero-order valence-corrected chi connectivity index (χ0v) is 12.7. The summed E-state index contributed by atoms with van der Waals surface area (Å²) in [4.78, 5) is 14.6. The zero-order chi connectivity index (χ0) is 14.9. The van der Waals surface area contributed by atoms with E-state index in [9.17, 15) is 4.79 Å². The summed E-state index contributed by atoms with van der Waals surface area (Å²) < 4.78 is 11.7. The molecule has 6 heteroatoms. The molecule has 1 amide bonds. The molecule has 1 saturated heterocycles. The molecule has 4 rings (SSSR count). The van der Waals surface area contributed by atoms with Crippen LogP contribution in [-0.4, -0.2) is 59.5 Å². The molecule has 1 aromatic heterocycles. The van der Waals surface area contributed by atoms with Crippen molar-refractivity contribution in [1.82, 2.24) is 15.1 Å². The first-order chi connectivity index (χ1) is 10.8. The smallest absolute Gasteiger partial charge is 0.272 e. The number of morpholine rings is 1. The van der Waals surface area contributed by atoms with Crippen molar-refractivity contribution in [3.8, 4) is 0 Å². The Kier molecular flexibility index (Phi) is 3.88. The van der Waals surface area contributed by atoms with E-state index < -0.39 is 0 Å². The summed E-state index contributed by atoms with van der Waals surface area (Å²) in [6.07, 6.45) is 6.41. The predicted molar refractivity (Wildman–Crippen MR) is 79.4 cm³/mol. The highest BCUT2D eigenvalue weighted by Crippen LogP contribution is 2.35. The maximum Gasteiger partial charge on any atom is 0.272 e. The van der Waals surface area contributed by atoms with E-state index in [0.717, 1.165) is 32.0 Å². The van der Waals surface area contributed by atoms with Crippen molar-refractivity contribution in [3.05, 3.63) is 18.0 Å². The van der Waals surface area contributed by atoms with E-state index in [1.165, 1.54) is 12.8 Å². The monoisotopic (exact) mass is 305 g/mol. The molecular weight excluding hydrogens is 282 g/mol. The van der Waals surface area contributed by atoms with E-state index in [4.69, 9.17) is 9.47 Å². The van der Waals surface area contributed by atoms with E-state index in [1.807, 2.05) is 4.90 Å². The van der Waals surface area contributed by atoms with Crippen molar-refractivity contribution in [2.24, 2.45) is 11.8 Å². The number of aromatic nitrogens is 2. The number of hydrogen-bond donors (Lipinski definition) is 1. The third-order valence-corrected chi connectivity index (χ3v) is 5.03. The molecule has 0 spiro atoms. The van der Waals surface area contributed by atoms with Gasteiger partial charge < -0.3 is 14.4 Å². The molecule has 0 bridgehead atoms. The maximum absolute atomic E-state index is 12.6. The molecule has 120 valence electrons. The molecular formula is C16H23N3O3. The topological polar surface area (TPSA) is 67.5 Å². The quantitative estimate of drug-likeness (QED) is 0.894. The van der Waals surface area contributed by atoms with Crippen LogP contribution in [0.3, 0.4) is 0 Å². The Hall–Kier alpha value is -1.40. The molecule has 1 N–H and O–H groups in total. The van der Waals surface area contributed by atoms with Gasteiger partial charge in [-0.25, -0.2) is 0 Å². The van der Waals surface area contributed by atoms with Gasteiger partial charge in [-0.1, -0.05) is 0 Å².